The average Bonchev–Trinajstić information content (AvgIpc) is 2.77. The van der Waals surface area contributed by atoms with Crippen molar-refractivity contribution < 1.29 is 28.7 Å². The summed E-state index contributed by atoms with van der Waals surface area (Å²) in [5.41, 5.74) is -1.20. The van der Waals surface area contributed by atoms with E-state index in [1.807, 2.05) is 0 Å². The number of hydroxylamine groups is 2. The van der Waals surface area contributed by atoms with Gasteiger partial charge >= 0.3 is 5.97 Å². The first kappa shape index (κ1) is 23.7. The Hall–Kier alpha value is -2.43. The van der Waals surface area contributed by atoms with Crippen molar-refractivity contribution in [1.29, 1.82) is 0 Å². The van der Waals surface area contributed by atoms with Gasteiger partial charge in [-0.05, 0) is 30.3 Å². The molecule has 0 saturated carbocycles. The van der Waals surface area contributed by atoms with Crippen molar-refractivity contribution in [2.24, 2.45) is 5.41 Å². The third kappa shape index (κ3) is 4.78. The number of amides is 2. The first-order valence-corrected chi connectivity index (χ1v) is 12.4. The van der Waals surface area contributed by atoms with Gasteiger partial charge in [0, 0.05) is 41.0 Å². The van der Waals surface area contributed by atoms with Crippen molar-refractivity contribution in [3.05, 3.63) is 59.4 Å². The first-order chi connectivity index (χ1) is 15.7. The van der Waals surface area contributed by atoms with E-state index in [4.69, 9.17) is 16.4 Å². The van der Waals surface area contributed by atoms with Gasteiger partial charge in [-0.3, -0.25) is 14.4 Å². The normalized spacial score (nSPS) is 24.0. The molecule has 2 fully saturated rings. The van der Waals surface area contributed by atoms with Gasteiger partial charge in [-0.25, -0.2) is 4.39 Å². The molecular weight excluding hydrogens is 491 g/mol. The molecule has 2 saturated heterocycles. The van der Waals surface area contributed by atoms with Crippen molar-refractivity contribution in [3.8, 4) is 5.75 Å². The van der Waals surface area contributed by atoms with Crippen LogP contribution in [0.4, 0.5) is 4.39 Å². The summed E-state index contributed by atoms with van der Waals surface area (Å²) in [6, 6.07) is 11.6. The monoisotopic (exact) mass is 510 g/mol. The predicted octanol–water partition coefficient (Wildman–Crippen LogP) is 3.77. The molecule has 174 valence electrons. The molecule has 2 amide bonds. The Balaban J connectivity index is 1.48. The van der Waals surface area contributed by atoms with Crippen LogP contribution in [-0.4, -0.2) is 62.3 Å². The summed E-state index contributed by atoms with van der Waals surface area (Å²) in [4.78, 5) is 45.2. The molecule has 3 atom stereocenters. The van der Waals surface area contributed by atoms with Crippen molar-refractivity contribution in [3.63, 3.8) is 0 Å². The number of aliphatic carboxylic acids is 1. The minimum absolute atomic E-state index is 0.000555. The summed E-state index contributed by atoms with van der Waals surface area (Å²) in [6.07, 6.45) is 0. The second-order valence-corrected chi connectivity index (χ2v) is 10.4. The van der Waals surface area contributed by atoms with Crippen LogP contribution in [-0.2, 0) is 14.4 Å². The summed E-state index contributed by atoms with van der Waals surface area (Å²) < 4.78 is 13.5. The number of carbonyl (C=O) groups excluding carboxylic acids is 2. The highest BCUT2D eigenvalue weighted by Crippen LogP contribution is 2.46. The second-order valence-electron chi connectivity index (χ2n) is 7.84. The molecule has 33 heavy (non-hydrogen) atoms. The van der Waals surface area contributed by atoms with Crippen LogP contribution in [0.1, 0.15) is 6.92 Å². The number of carbonyl (C=O) groups is 3. The molecule has 0 radical (unpaired) electrons. The lowest BCUT2D eigenvalue weighted by Crippen LogP contribution is -2.74. The van der Waals surface area contributed by atoms with Crippen molar-refractivity contribution in [2.45, 2.75) is 23.2 Å². The summed E-state index contributed by atoms with van der Waals surface area (Å²) in [5.74, 6) is -1.53. The minimum atomic E-state index is -1.20. The quantitative estimate of drug-likeness (QED) is 0.344. The Morgan fingerprint density at radius 2 is 2.09 bits per heavy atom. The number of carboxylic acids is 1. The van der Waals surface area contributed by atoms with Gasteiger partial charge in [-0.2, -0.15) is 5.06 Å². The molecule has 0 aromatic heterocycles. The number of nitrogens with zero attached hydrogens (tertiary/aromatic N) is 2. The highest BCUT2D eigenvalue weighted by atomic mass is 35.5. The van der Waals surface area contributed by atoms with Gasteiger partial charge in [0.25, 0.3) is 11.8 Å². The Labute approximate surface area is 203 Å². The van der Waals surface area contributed by atoms with E-state index >= 15 is 0 Å². The number of halogens is 2. The van der Waals surface area contributed by atoms with Crippen LogP contribution in [0, 0.1) is 11.2 Å². The zero-order valence-electron chi connectivity index (χ0n) is 17.4. The molecule has 2 unspecified atom stereocenters. The van der Waals surface area contributed by atoms with Crippen molar-refractivity contribution in [1.82, 2.24) is 9.96 Å². The third-order valence-electron chi connectivity index (χ3n) is 5.44. The summed E-state index contributed by atoms with van der Waals surface area (Å²) in [5, 5.41) is 11.0. The van der Waals surface area contributed by atoms with Crippen LogP contribution >= 0.6 is 35.1 Å². The summed E-state index contributed by atoms with van der Waals surface area (Å²) >= 11 is 8.51. The molecule has 2 aliphatic heterocycles. The Morgan fingerprint density at radius 1 is 1.33 bits per heavy atom. The van der Waals surface area contributed by atoms with Gasteiger partial charge in [-0.1, -0.05) is 23.7 Å². The van der Waals surface area contributed by atoms with E-state index in [0.717, 1.165) is 5.06 Å². The lowest BCUT2D eigenvalue weighted by atomic mass is 9.89. The molecule has 7 nitrogen and oxygen atoms in total. The van der Waals surface area contributed by atoms with Crippen LogP contribution in [0.25, 0.3) is 0 Å². The standard InChI is InChI=1S/C22H20ClFN2O5S2/c1-13(27)26(31-16-6-2-4-14(23)8-16)18-19(28)25-10-22(21(29)30,12-33-20(18)25)11-32-17-7-3-5-15(24)9-17/h2-9,18,20H,10-12H2,1H3,(H,29,30)/t18?,20-,22?/m1/s1. The fourth-order valence-corrected chi connectivity index (χ4v) is 6.71. The fraction of sp³-hybridized carbons (Fsp3) is 0.318. The lowest BCUT2D eigenvalue weighted by molar-refractivity contribution is -0.192. The second kappa shape index (κ2) is 9.44. The van der Waals surface area contributed by atoms with Gasteiger partial charge in [0.2, 0.25) is 0 Å². The topological polar surface area (TPSA) is 87.2 Å². The SMILES string of the molecule is CC(=O)N(Oc1cccc(Cl)c1)C1C(=O)N2CC(CSc3cccc(F)c3)(C(=O)O)CS[C@H]12. The van der Waals surface area contributed by atoms with Crippen LogP contribution in [0.5, 0.6) is 5.75 Å². The maximum absolute atomic E-state index is 13.5. The molecule has 1 N–H and O–H groups in total. The Bertz CT molecular complexity index is 1110. The Morgan fingerprint density at radius 3 is 2.76 bits per heavy atom. The molecule has 2 aromatic rings. The van der Waals surface area contributed by atoms with Gasteiger partial charge in [-0.15, -0.1) is 23.5 Å². The van der Waals surface area contributed by atoms with Crippen LogP contribution in [0.3, 0.4) is 0 Å². The molecular formula is C22H20ClFN2O5S2. The van der Waals surface area contributed by atoms with E-state index in [1.165, 1.54) is 53.5 Å². The van der Waals surface area contributed by atoms with E-state index in [1.54, 1.807) is 30.3 Å². The Kier molecular flexibility index (Phi) is 6.78. The maximum Gasteiger partial charge on any atom is 0.313 e. The summed E-state index contributed by atoms with van der Waals surface area (Å²) in [6.45, 7) is 1.30. The van der Waals surface area contributed by atoms with E-state index in [-0.39, 0.29) is 24.0 Å². The molecule has 4 rings (SSSR count). The number of β-lactam (4-membered cyclic amide) rings is 1. The van der Waals surface area contributed by atoms with Gasteiger partial charge < -0.3 is 14.8 Å². The van der Waals surface area contributed by atoms with Crippen molar-refractivity contribution >= 4 is 52.9 Å². The highest BCUT2D eigenvalue weighted by Gasteiger charge is 2.60. The smallest absolute Gasteiger partial charge is 0.313 e. The third-order valence-corrected chi connectivity index (χ3v) is 8.54. The first-order valence-electron chi connectivity index (χ1n) is 9.97. The van der Waals surface area contributed by atoms with E-state index in [0.29, 0.717) is 15.7 Å². The number of benzene rings is 2. The highest BCUT2D eigenvalue weighted by molar-refractivity contribution is 8.00. The van der Waals surface area contributed by atoms with Crippen molar-refractivity contribution in [2.75, 3.05) is 18.1 Å². The lowest BCUT2D eigenvalue weighted by Gasteiger charge is -2.55. The number of hydrogen-bond donors (Lipinski definition) is 1. The van der Waals surface area contributed by atoms with E-state index in [9.17, 15) is 23.9 Å². The predicted molar refractivity (Wildman–Crippen MR) is 124 cm³/mol. The van der Waals surface area contributed by atoms with E-state index in [2.05, 4.69) is 0 Å². The number of carboxylic acid groups (broad SMARTS) is 1. The van der Waals surface area contributed by atoms with E-state index < -0.39 is 34.5 Å². The van der Waals surface area contributed by atoms with Crippen LogP contribution < -0.4 is 4.84 Å². The fourth-order valence-electron chi connectivity index (χ4n) is 3.70. The number of rotatable bonds is 7. The number of hydrogen-bond acceptors (Lipinski definition) is 6. The van der Waals surface area contributed by atoms with Gasteiger partial charge in [0.15, 0.2) is 11.8 Å². The minimum Gasteiger partial charge on any atom is -0.481 e. The van der Waals surface area contributed by atoms with Crippen LogP contribution in [0.2, 0.25) is 5.02 Å². The zero-order chi connectivity index (χ0) is 23.8. The molecule has 11 heteroatoms. The molecule has 0 spiro atoms. The van der Waals surface area contributed by atoms with Gasteiger partial charge in [0.05, 0.1) is 0 Å². The van der Waals surface area contributed by atoms with Gasteiger partial charge in [0.1, 0.15) is 16.6 Å². The summed E-state index contributed by atoms with van der Waals surface area (Å²) in [7, 11) is 0. The largest absolute Gasteiger partial charge is 0.481 e. The van der Waals surface area contributed by atoms with Crippen LogP contribution in [0.15, 0.2) is 53.4 Å². The molecule has 2 aromatic carbocycles. The number of fused-ring (bicyclic) bond motifs is 1. The maximum atomic E-state index is 13.5. The molecule has 0 aliphatic carbocycles. The number of thioether (sulfide) groups is 2. The zero-order valence-corrected chi connectivity index (χ0v) is 19.8. The molecule has 0 bridgehead atoms. The average molecular weight is 511 g/mol. The molecule has 2 aliphatic rings. The molecule has 2 heterocycles.